The van der Waals surface area contributed by atoms with Gasteiger partial charge in [0.05, 0.1) is 25.3 Å². The number of carboxylic acids is 2. The normalized spacial score (nSPS) is 13.7. The van der Waals surface area contributed by atoms with Gasteiger partial charge in [-0.15, -0.1) is 0 Å². The number of benzene rings is 5. The number of urea groups is 2. The molecule has 0 radical (unpaired) electrons. The number of primary amides is 2. The first-order valence-corrected chi connectivity index (χ1v) is 39.3. The lowest BCUT2D eigenvalue weighted by molar-refractivity contribution is -0.140. The van der Waals surface area contributed by atoms with Gasteiger partial charge >= 0.3 is 24.0 Å². The van der Waals surface area contributed by atoms with E-state index in [4.69, 9.17) is 28.2 Å². The number of ketones is 1. The number of carboxylic acid groups (broad SMARTS) is 2. The highest BCUT2D eigenvalue weighted by molar-refractivity contribution is 6.30. The number of halogens is 1. The third kappa shape index (κ3) is 33.9. The average molecular weight is 1660 g/mol. The van der Waals surface area contributed by atoms with E-state index in [0.29, 0.717) is 41.3 Å². The van der Waals surface area contributed by atoms with Gasteiger partial charge in [0.1, 0.15) is 36.3 Å². The summed E-state index contributed by atoms with van der Waals surface area (Å²) in [7, 11) is 0. The number of hydrogen-bond donors (Lipinski definition) is 15. The molecule has 0 saturated heterocycles. The number of amides is 13. The molecule has 8 atom stereocenters. The Balaban J connectivity index is 0.000000320. The van der Waals surface area contributed by atoms with Crippen molar-refractivity contribution in [1.82, 2.24) is 47.5 Å². The molecule has 0 aliphatic heterocycles. The lowest BCUT2D eigenvalue weighted by Crippen LogP contribution is -2.58. The van der Waals surface area contributed by atoms with Crippen LogP contribution in [0.1, 0.15) is 153 Å². The van der Waals surface area contributed by atoms with E-state index < -0.39 is 125 Å². The van der Waals surface area contributed by atoms with Crippen LogP contribution in [0.25, 0.3) is 11.1 Å². The van der Waals surface area contributed by atoms with Gasteiger partial charge < -0.3 is 80.2 Å². The molecule has 2 aliphatic carbocycles. The molecule has 119 heavy (non-hydrogen) atoms. The third-order valence-electron chi connectivity index (χ3n) is 19.1. The summed E-state index contributed by atoms with van der Waals surface area (Å²) in [5.41, 5.74) is 20.8. The summed E-state index contributed by atoms with van der Waals surface area (Å²) in [6, 6.07) is 32.2. The molecular formula is C88H113ClN14O16. The average Bonchev–Trinajstić information content (AvgIpc) is 1.70. The number of rotatable bonds is 38. The minimum absolute atomic E-state index is 0. The van der Waals surface area contributed by atoms with E-state index in [1.807, 2.05) is 153 Å². The van der Waals surface area contributed by atoms with Crippen LogP contribution in [-0.4, -0.2) is 147 Å². The second kappa shape index (κ2) is 47.6. The van der Waals surface area contributed by atoms with Crippen molar-refractivity contribution in [3.8, 4) is 0 Å². The van der Waals surface area contributed by atoms with Gasteiger partial charge in [0.15, 0.2) is 5.78 Å². The first kappa shape index (κ1) is 97.0. The van der Waals surface area contributed by atoms with Crippen LogP contribution in [0.5, 0.6) is 0 Å². The monoisotopic (exact) mass is 1660 g/mol. The topological polar surface area (TPSA) is 477 Å². The molecule has 0 fully saturated rings. The molecule has 13 amide bonds. The van der Waals surface area contributed by atoms with Gasteiger partial charge in [-0.05, 0) is 164 Å². The fourth-order valence-corrected chi connectivity index (χ4v) is 12.9. The van der Waals surface area contributed by atoms with E-state index in [9.17, 15) is 72.2 Å². The summed E-state index contributed by atoms with van der Waals surface area (Å²) >= 11 is 5.87. The van der Waals surface area contributed by atoms with Crippen LogP contribution in [0.2, 0.25) is 5.02 Å². The number of carbonyl (C=O) groups is 14. The molecule has 0 spiro atoms. The zero-order valence-corrected chi connectivity index (χ0v) is 68.8. The highest BCUT2D eigenvalue weighted by Gasteiger charge is 2.37. The Bertz CT molecular complexity index is 4590. The minimum atomic E-state index is -1.51. The molecule has 2 aliphatic rings. The molecule has 8 rings (SSSR count). The first-order valence-electron chi connectivity index (χ1n) is 38.9. The third-order valence-corrected chi connectivity index (χ3v) is 19.4. The van der Waals surface area contributed by atoms with Crippen LogP contribution in [0.15, 0.2) is 158 Å². The number of aryl methyl sites for hydroxylation is 2. The predicted octanol–water partition coefficient (Wildman–Crippen LogP) is 9.41. The summed E-state index contributed by atoms with van der Waals surface area (Å²) in [5, 5.41) is 47.7. The maximum Gasteiger partial charge on any atom is 0.319 e. The molecule has 0 saturated carbocycles. The molecule has 8 unspecified atom stereocenters. The Hall–Kier alpha value is -12.6. The molecule has 1 aromatic heterocycles. The van der Waals surface area contributed by atoms with Gasteiger partial charge in [0.2, 0.25) is 53.2 Å². The van der Waals surface area contributed by atoms with Crippen molar-refractivity contribution in [2.24, 2.45) is 40.6 Å². The standard InChI is InChI=1S/C32H39ClN6O7.C29H36N4O5.C26H34N4O4.CH4/c1-17(2)14-25(38-29(43)18(3)35-32(46)36-22-12-10-21(33)11-13-22)30(44)39-26(31(45)37-24(28(34)42)16-27(40)41)15-20-9-8-19-6-4-5-7-23(19)20;1-18(2)16-24(33-29(38)31-22-12-8-19(3)9-13-22)28(37)32-25(27(36)30-15-14-26(34)35)17-21-11-10-20-6-4-5-7-23(20)21;1-17-7-9-20(10-8-17)30-23(32)14-22(26(2,3)4)25(34)29-16-21(31)13-19(24(27)33)12-18-6-5-11-28-15-18;/h4-7,9-13,17-18,24-26H,8,14-16H2,1-3H3,(H2,34,42)(H,37,45)(H,38,43)(H,39,44)(H,40,41)(H2,35,36,46);4-9,11-13,18,24-25H,10,14-17H2,1-3H3,(H,30,36)(H,32,37)(H,34,35)(H2,31,33,38);5-11,15,19,22H,12-14,16H2,1-4H3,(H2,27,33)(H,29,34)(H,30,32);1H4. The fourth-order valence-electron chi connectivity index (χ4n) is 12.8. The Kier molecular flexibility index (Phi) is 38.8. The number of allylic oxidation sites excluding steroid dienone is 2. The van der Waals surface area contributed by atoms with Crippen molar-refractivity contribution in [2.45, 2.75) is 184 Å². The molecule has 30 nitrogen and oxygen atoms in total. The molecule has 638 valence electrons. The van der Waals surface area contributed by atoms with Gasteiger partial charge in [0, 0.05) is 72.6 Å². The Labute approximate surface area is 699 Å². The van der Waals surface area contributed by atoms with Crippen LogP contribution in [0.4, 0.5) is 26.7 Å². The molecule has 5 aromatic carbocycles. The maximum absolute atomic E-state index is 13.6. The van der Waals surface area contributed by atoms with E-state index in [1.54, 1.807) is 67.0 Å². The Morgan fingerprint density at radius 1 is 0.479 bits per heavy atom. The number of carbonyl (C=O) groups excluding carboxylic acids is 12. The van der Waals surface area contributed by atoms with Crippen molar-refractivity contribution >= 4 is 123 Å². The van der Waals surface area contributed by atoms with Crippen LogP contribution < -0.4 is 70.0 Å². The number of nitrogens with two attached hydrogens (primary N) is 2. The smallest absolute Gasteiger partial charge is 0.319 e. The second-order valence-corrected chi connectivity index (χ2v) is 31.5. The van der Waals surface area contributed by atoms with E-state index in [0.717, 1.165) is 56.5 Å². The number of fused-ring (bicyclic) bond motifs is 2. The van der Waals surface area contributed by atoms with Gasteiger partial charge in [-0.1, -0.05) is 170 Å². The fraction of sp³-hybridized carbons (Fsp3) is 0.398. The SMILES string of the molecule is C.CC(C)CC(NC(=O)C(C)NC(=O)Nc1ccc(Cl)cc1)C(=O)NC(CC1=CCc2ccccc21)C(=O)NC(CC(=O)O)C(N)=O.Cc1ccc(NC(=O)CC(C(=O)NCC(=O)CC(Cc2cccnc2)C(N)=O)C(C)(C)C)cc1.Cc1ccc(NC(=O)NC(CC(C)C)C(=O)NC(CC2=CCc3ccccc32)C(=O)NCCC(=O)O)cc1. The lowest BCUT2D eigenvalue weighted by atomic mass is 9.78. The summed E-state index contributed by atoms with van der Waals surface area (Å²) in [5.74, 6) is -9.36. The van der Waals surface area contributed by atoms with Crippen molar-refractivity contribution < 1.29 is 77.3 Å². The molecule has 0 bridgehead atoms. The van der Waals surface area contributed by atoms with Crippen LogP contribution in [-0.2, 0) is 76.8 Å². The molecular weight excluding hydrogens is 1540 g/mol. The van der Waals surface area contributed by atoms with Crippen molar-refractivity contribution in [1.29, 1.82) is 0 Å². The summed E-state index contributed by atoms with van der Waals surface area (Å²) in [6.45, 7) is 18.3. The van der Waals surface area contributed by atoms with Crippen molar-refractivity contribution in [2.75, 3.05) is 29.0 Å². The predicted molar refractivity (Wildman–Crippen MR) is 456 cm³/mol. The Morgan fingerprint density at radius 3 is 1.41 bits per heavy atom. The zero-order chi connectivity index (χ0) is 86.9. The van der Waals surface area contributed by atoms with Crippen LogP contribution in [0, 0.1) is 42.9 Å². The maximum atomic E-state index is 13.6. The number of pyridine rings is 1. The van der Waals surface area contributed by atoms with E-state index in [-0.39, 0.29) is 88.5 Å². The lowest BCUT2D eigenvalue weighted by Gasteiger charge is -2.29. The number of aromatic nitrogens is 1. The van der Waals surface area contributed by atoms with Gasteiger partial charge in [-0.25, -0.2) is 9.59 Å². The molecule has 31 heteroatoms. The highest BCUT2D eigenvalue weighted by Crippen LogP contribution is 2.33. The van der Waals surface area contributed by atoms with Gasteiger partial charge in [-0.2, -0.15) is 0 Å². The van der Waals surface area contributed by atoms with Gasteiger partial charge in [-0.3, -0.25) is 62.5 Å². The van der Waals surface area contributed by atoms with E-state index >= 15 is 0 Å². The van der Waals surface area contributed by atoms with Crippen molar-refractivity contribution in [3.05, 3.63) is 202 Å². The summed E-state index contributed by atoms with van der Waals surface area (Å²) in [6.07, 6.45) is 8.62. The molecule has 6 aromatic rings. The van der Waals surface area contributed by atoms with E-state index in [1.165, 1.54) is 6.92 Å². The van der Waals surface area contributed by atoms with Crippen LogP contribution in [0.3, 0.4) is 0 Å². The first-order chi connectivity index (χ1) is 55.8. The number of nitrogens with one attached hydrogen (secondary N) is 11. The number of Topliss-reactive ketones (excluding diaryl/α,β-unsaturated/α-hetero) is 1. The highest BCUT2D eigenvalue weighted by atomic mass is 35.5. The van der Waals surface area contributed by atoms with Crippen LogP contribution >= 0.6 is 11.6 Å². The van der Waals surface area contributed by atoms with E-state index in [2.05, 4.69) is 63.5 Å². The summed E-state index contributed by atoms with van der Waals surface area (Å²) in [4.78, 5) is 180. The zero-order valence-electron chi connectivity index (χ0n) is 68.1. The number of anilines is 3. The molecule has 1 heterocycles. The number of aliphatic carboxylic acids is 2. The quantitative estimate of drug-likeness (QED) is 0.0171. The molecule has 17 N–H and O–H groups in total. The number of nitrogens with zero attached hydrogens (tertiary/aromatic N) is 1. The largest absolute Gasteiger partial charge is 0.481 e. The number of hydrogen-bond acceptors (Lipinski definition) is 15. The second-order valence-electron chi connectivity index (χ2n) is 31.0. The summed E-state index contributed by atoms with van der Waals surface area (Å²) < 4.78 is 0. The van der Waals surface area contributed by atoms with Crippen molar-refractivity contribution in [3.63, 3.8) is 0 Å². The minimum Gasteiger partial charge on any atom is -0.481 e. The van der Waals surface area contributed by atoms with Gasteiger partial charge in [0.25, 0.3) is 0 Å². The Morgan fingerprint density at radius 2 is 0.941 bits per heavy atom.